The van der Waals surface area contributed by atoms with E-state index in [-0.39, 0.29) is 0 Å². The second-order valence-electron chi connectivity index (χ2n) is 6.36. The first-order chi connectivity index (χ1) is 12.3. The van der Waals surface area contributed by atoms with E-state index in [0.29, 0.717) is 0 Å². The summed E-state index contributed by atoms with van der Waals surface area (Å²) in [6, 6.07) is 10.4. The van der Waals surface area contributed by atoms with Gasteiger partial charge < -0.3 is 14.6 Å². The molecular formula is C19H23N5O. The Bertz CT molecular complexity index is 821. The molecule has 3 aromatic rings. The summed E-state index contributed by atoms with van der Waals surface area (Å²) in [5.74, 6) is 1.96. The summed E-state index contributed by atoms with van der Waals surface area (Å²) < 4.78 is 5.21. The predicted octanol–water partition coefficient (Wildman–Crippen LogP) is 2.33. The summed E-state index contributed by atoms with van der Waals surface area (Å²) in [7, 11) is 1.70. The van der Waals surface area contributed by atoms with Crippen molar-refractivity contribution in [1.82, 2.24) is 19.9 Å². The van der Waals surface area contributed by atoms with Crippen LogP contribution in [0, 0.1) is 0 Å². The molecule has 1 N–H and O–H groups in total. The summed E-state index contributed by atoms with van der Waals surface area (Å²) in [6.45, 7) is 5.21. The van der Waals surface area contributed by atoms with E-state index in [1.54, 1.807) is 13.4 Å². The van der Waals surface area contributed by atoms with E-state index < -0.39 is 0 Å². The number of nitrogens with zero attached hydrogens (tertiary/aromatic N) is 4. The van der Waals surface area contributed by atoms with E-state index >= 15 is 0 Å². The number of H-pyrrole nitrogens is 1. The first-order valence-electron chi connectivity index (χ1n) is 8.72. The summed E-state index contributed by atoms with van der Waals surface area (Å²) in [5.41, 5.74) is 2.26. The second-order valence-corrected chi connectivity index (χ2v) is 6.36. The number of ether oxygens (including phenoxy) is 1. The minimum Gasteiger partial charge on any atom is -0.497 e. The number of hydrogen-bond acceptors (Lipinski definition) is 5. The number of methoxy groups -OCH3 is 1. The molecule has 1 saturated heterocycles. The van der Waals surface area contributed by atoms with Crippen molar-refractivity contribution in [3.8, 4) is 5.75 Å². The monoisotopic (exact) mass is 337 g/mol. The first-order valence-corrected chi connectivity index (χ1v) is 8.72. The quantitative estimate of drug-likeness (QED) is 0.774. The highest BCUT2D eigenvalue weighted by Gasteiger charge is 2.19. The maximum Gasteiger partial charge on any atom is 0.142 e. The topological polar surface area (TPSA) is 57.3 Å². The normalized spacial score (nSPS) is 15.6. The molecule has 1 aromatic carbocycles. The Morgan fingerprint density at radius 1 is 1.04 bits per heavy atom. The van der Waals surface area contributed by atoms with Crippen LogP contribution in [0.5, 0.6) is 5.75 Å². The molecule has 0 bridgehead atoms. The lowest BCUT2D eigenvalue weighted by Gasteiger charge is -2.35. The SMILES string of the molecule is COc1ccc(CCN2CCN(c3ncnc4[nH]ccc34)CC2)cc1. The molecule has 0 spiro atoms. The van der Waals surface area contributed by atoms with Gasteiger partial charge in [-0.05, 0) is 30.2 Å². The van der Waals surface area contributed by atoms with E-state index in [4.69, 9.17) is 4.74 Å². The predicted molar refractivity (Wildman–Crippen MR) is 99.2 cm³/mol. The van der Waals surface area contributed by atoms with Gasteiger partial charge in [0.05, 0.1) is 12.5 Å². The summed E-state index contributed by atoms with van der Waals surface area (Å²) in [6.07, 6.45) is 4.64. The lowest BCUT2D eigenvalue weighted by molar-refractivity contribution is 0.260. The Balaban J connectivity index is 1.33. The van der Waals surface area contributed by atoms with E-state index in [9.17, 15) is 0 Å². The summed E-state index contributed by atoms with van der Waals surface area (Å²) >= 11 is 0. The lowest BCUT2D eigenvalue weighted by atomic mass is 10.1. The van der Waals surface area contributed by atoms with Crippen molar-refractivity contribution in [3.63, 3.8) is 0 Å². The summed E-state index contributed by atoms with van der Waals surface area (Å²) in [4.78, 5) is 16.8. The Kier molecular flexibility index (Phi) is 4.52. The number of benzene rings is 1. The average Bonchev–Trinajstić information content (AvgIpc) is 3.16. The molecule has 25 heavy (non-hydrogen) atoms. The van der Waals surface area contributed by atoms with Gasteiger partial charge in [0.1, 0.15) is 23.5 Å². The van der Waals surface area contributed by atoms with Gasteiger partial charge in [0, 0.05) is 38.9 Å². The Morgan fingerprint density at radius 3 is 2.60 bits per heavy atom. The Hall–Kier alpha value is -2.60. The number of anilines is 1. The third-order valence-electron chi connectivity index (χ3n) is 4.88. The molecule has 1 fully saturated rings. The third kappa shape index (κ3) is 3.44. The van der Waals surface area contributed by atoms with Crippen LogP contribution in [0.2, 0.25) is 0 Å². The van der Waals surface area contributed by atoms with E-state index in [1.807, 2.05) is 18.3 Å². The van der Waals surface area contributed by atoms with E-state index in [1.165, 1.54) is 5.56 Å². The molecule has 130 valence electrons. The second kappa shape index (κ2) is 7.11. The fourth-order valence-corrected chi connectivity index (χ4v) is 3.37. The molecule has 6 heteroatoms. The number of hydrogen-bond donors (Lipinski definition) is 1. The van der Waals surface area contributed by atoms with Crippen LogP contribution >= 0.6 is 0 Å². The fraction of sp³-hybridized carbons (Fsp3) is 0.368. The molecule has 4 rings (SSSR count). The van der Waals surface area contributed by atoms with Crippen LogP contribution in [0.25, 0.3) is 11.0 Å². The zero-order chi connectivity index (χ0) is 17.1. The molecule has 2 aromatic heterocycles. The smallest absolute Gasteiger partial charge is 0.142 e. The van der Waals surface area contributed by atoms with Crippen LogP contribution in [0.4, 0.5) is 5.82 Å². The number of fused-ring (bicyclic) bond motifs is 1. The Morgan fingerprint density at radius 2 is 1.84 bits per heavy atom. The molecule has 0 radical (unpaired) electrons. The zero-order valence-electron chi connectivity index (χ0n) is 14.5. The maximum absolute atomic E-state index is 5.21. The van der Waals surface area contributed by atoms with Gasteiger partial charge in [-0.2, -0.15) is 0 Å². The largest absolute Gasteiger partial charge is 0.497 e. The van der Waals surface area contributed by atoms with E-state index in [0.717, 1.165) is 61.7 Å². The fourth-order valence-electron chi connectivity index (χ4n) is 3.37. The Labute approximate surface area is 147 Å². The zero-order valence-corrected chi connectivity index (χ0v) is 14.5. The van der Waals surface area contributed by atoms with Gasteiger partial charge in [0.2, 0.25) is 0 Å². The van der Waals surface area contributed by atoms with Gasteiger partial charge in [-0.15, -0.1) is 0 Å². The number of aromatic nitrogens is 3. The van der Waals surface area contributed by atoms with Crippen LogP contribution in [-0.4, -0.2) is 59.7 Å². The maximum atomic E-state index is 5.21. The van der Waals surface area contributed by atoms with Crippen molar-refractivity contribution < 1.29 is 4.74 Å². The highest BCUT2D eigenvalue weighted by molar-refractivity contribution is 5.87. The highest BCUT2D eigenvalue weighted by Crippen LogP contribution is 2.23. The van der Waals surface area contributed by atoms with Crippen molar-refractivity contribution >= 4 is 16.9 Å². The molecule has 0 unspecified atom stereocenters. The van der Waals surface area contributed by atoms with Gasteiger partial charge in [0.15, 0.2) is 0 Å². The summed E-state index contributed by atoms with van der Waals surface area (Å²) in [5, 5.41) is 1.11. The molecule has 0 amide bonds. The number of aromatic amines is 1. The van der Waals surface area contributed by atoms with Crippen molar-refractivity contribution in [2.75, 3.05) is 44.7 Å². The van der Waals surface area contributed by atoms with Crippen LogP contribution in [0.3, 0.4) is 0 Å². The molecule has 0 atom stereocenters. The van der Waals surface area contributed by atoms with Gasteiger partial charge in [-0.25, -0.2) is 9.97 Å². The van der Waals surface area contributed by atoms with Crippen molar-refractivity contribution in [1.29, 1.82) is 0 Å². The van der Waals surface area contributed by atoms with Crippen LogP contribution in [-0.2, 0) is 6.42 Å². The average molecular weight is 337 g/mol. The van der Waals surface area contributed by atoms with Crippen molar-refractivity contribution in [3.05, 3.63) is 48.4 Å². The van der Waals surface area contributed by atoms with Crippen LogP contribution in [0.1, 0.15) is 5.56 Å². The van der Waals surface area contributed by atoms with Gasteiger partial charge >= 0.3 is 0 Å². The highest BCUT2D eigenvalue weighted by atomic mass is 16.5. The minimum atomic E-state index is 0.909. The van der Waals surface area contributed by atoms with Crippen LogP contribution in [0.15, 0.2) is 42.9 Å². The molecule has 0 saturated carbocycles. The standard InChI is InChI=1S/C19H23N5O/c1-25-16-4-2-15(3-5-16)7-9-23-10-12-24(13-11-23)19-17-6-8-20-18(17)21-14-22-19/h2-6,8,14H,7,9-13H2,1H3,(H,20,21,22). The number of rotatable bonds is 5. The molecule has 6 nitrogen and oxygen atoms in total. The van der Waals surface area contributed by atoms with Crippen molar-refractivity contribution in [2.45, 2.75) is 6.42 Å². The van der Waals surface area contributed by atoms with Gasteiger partial charge in [0.25, 0.3) is 0 Å². The van der Waals surface area contributed by atoms with Crippen molar-refractivity contribution in [2.24, 2.45) is 0 Å². The van der Waals surface area contributed by atoms with Crippen LogP contribution < -0.4 is 9.64 Å². The molecule has 1 aliphatic rings. The molecule has 1 aliphatic heterocycles. The van der Waals surface area contributed by atoms with Gasteiger partial charge in [-0.1, -0.05) is 12.1 Å². The molecular weight excluding hydrogens is 314 g/mol. The minimum absolute atomic E-state index is 0.909. The van der Waals surface area contributed by atoms with E-state index in [2.05, 4.69) is 43.0 Å². The lowest BCUT2D eigenvalue weighted by Crippen LogP contribution is -2.47. The van der Waals surface area contributed by atoms with Gasteiger partial charge in [-0.3, -0.25) is 4.90 Å². The number of nitrogens with one attached hydrogen (secondary N) is 1. The molecule has 0 aliphatic carbocycles. The number of piperazine rings is 1. The first kappa shape index (κ1) is 15.9. The third-order valence-corrected chi connectivity index (χ3v) is 4.88. The molecule has 3 heterocycles.